The maximum atomic E-state index is 12.4. The lowest BCUT2D eigenvalue weighted by molar-refractivity contribution is -0.384. The summed E-state index contributed by atoms with van der Waals surface area (Å²) in [4.78, 5) is 22.5. The van der Waals surface area contributed by atoms with Crippen LogP contribution in [0.2, 0.25) is 10.0 Å². The van der Waals surface area contributed by atoms with Crippen LogP contribution in [0, 0.1) is 10.1 Å². The van der Waals surface area contributed by atoms with E-state index in [1.807, 2.05) is 0 Å². The van der Waals surface area contributed by atoms with Gasteiger partial charge < -0.3 is 5.32 Å². The molecular formula is C14H11Cl2N3O5S. The van der Waals surface area contributed by atoms with E-state index in [-0.39, 0.29) is 32.7 Å². The minimum Gasteiger partial charge on any atom is -0.321 e. The molecule has 0 heterocycles. The van der Waals surface area contributed by atoms with Gasteiger partial charge in [0.25, 0.3) is 11.6 Å². The normalized spacial score (nSPS) is 11.0. The summed E-state index contributed by atoms with van der Waals surface area (Å²) < 4.78 is 25.0. The molecule has 0 radical (unpaired) electrons. The Kier molecular flexibility index (Phi) is 5.51. The molecule has 0 saturated heterocycles. The van der Waals surface area contributed by atoms with Gasteiger partial charge >= 0.3 is 0 Å². The van der Waals surface area contributed by atoms with Crippen LogP contribution in [0.4, 0.5) is 17.1 Å². The van der Waals surface area contributed by atoms with Crippen molar-refractivity contribution < 1.29 is 18.1 Å². The summed E-state index contributed by atoms with van der Waals surface area (Å²) in [7, 11) is -3.62. The molecule has 8 nitrogen and oxygen atoms in total. The molecule has 2 aromatic carbocycles. The zero-order valence-corrected chi connectivity index (χ0v) is 14.9. The molecule has 11 heteroatoms. The number of carbonyl (C=O) groups excluding carboxylic acids is 1. The van der Waals surface area contributed by atoms with Crippen molar-refractivity contribution >= 4 is 56.2 Å². The summed E-state index contributed by atoms with van der Waals surface area (Å²) in [6.45, 7) is 0. The molecule has 0 aliphatic rings. The molecule has 0 saturated carbocycles. The lowest BCUT2D eigenvalue weighted by Crippen LogP contribution is -2.17. The Bertz CT molecular complexity index is 963. The Hall–Kier alpha value is -2.36. The molecule has 2 N–H and O–H groups in total. The van der Waals surface area contributed by atoms with Gasteiger partial charge in [-0.05, 0) is 24.3 Å². The summed E-state index contributed by atoms with van der Waals surface area (Å²) in [5.41, 5.74) is -0.109. The number of rotatable bonds is 5. The number of hydrogen-bond acceptors (Lipinski definition) is 5. The van der Waals surface area contributed by atoms with Crippen molar-refractivity contribution in [3.05, 3.63) is 62.1 Å². The highest BCUT2D eigenvalue weighted by molar-refractivity contribution is 7.92. The van der Waals surface area contributed by atoms with Gasteiger partial charge in [0, 0.05) is 17.2 Å². The second-order valence-electron chi connectivity index (χ2n) is 4.94. The van der Waals surface area contributed by atoms with Crippen LogP contribution >= 0.6 is 23.2 Å². The van der Waals surface area contributed by atoms with Crippen LogP contribution in [0.15, 0.2) is 36.4 Å². The molecule has 0 aliphatic heterocycles. The number of nitro groups is 1. The SMILES string of the molecule is CS(=O)(=O)Nc1ccc(Cl)cc1C(=O)Nc1ccc([N+](=O)[O-])cc1Cl. The van der Waals surface area contributed by atoms with Crippen molar-refractivity contribution in [3.63, 3.8) is 0 Å². The predicted octanol–water partition coefficient (Wildman–Crippen LogP) is 3.53. The van der Waals surface area contributed by atoms with Crippen LogP contribution in [-0.2, 0) is 10.0 Å². The van der Waals surface area contributed by atoms with Gasteiger partial charge in [-0.1, -0.05) is 23.2 Å². The topological polar surface area (TPSA) is 118 Å². The zero-order chi connectivity index (χ0) is 18.8. The molecule has 0 aromatic heterocycles. The highest BCUT2D eigenvalue weighted by Crippen LogP contribution is 2.28. The van der Waals surface area contributed by atoms with Gasteiger partial charge in [0.15, 0.2) is 0 Å². The molecule has 132 valence electrons. The predicted molar refractivity (Wildman–Crippen MR) is 96.0 cm³/mol. The summed E-state index contributed by atoms with van der Waals surface area (Å²) in [5, 5.41) is 13.3. The van der Waals surface area contributed by atoms with Crippen molar-refractivity contribution in [3.8, 4) is 0 Å². The second kappa shape index (κ2) is 7.26. The van der Waals surface area contributed by atoms with E-state index < -0.39 is 20.9 Å². The largest absolute Gasteiger partial charge is 0.321 e. The van der Waals surface area contributed by atoms with E-state index in [0.29, 0.717) is 0 Å². The number of amides is 1. The minimum absolute atomic E-state index is 0.0300. The number of sulfonamides is 1. The van der Waals surface area contributed by atoms with Crippen LogP contribution in [0.3, 0.4) is 0 Å². The molecule has 0 unspecified atom stereocenters. The Morgan fingerprint density at radius 2 is 1.76 bits per heavy atom. The summed E-state index contributed by atoms with van der Waals surface area (Å²) in [5.74, 6) is -0.690. The molecule has 2 rings (SSSR count). The number of hydrogen-bond donors (Lipinski definition) is 2. The minimum atomic E-state index is -3.62. The number of benzene rings is 2. The maximum absolute atomic E-state index is 12.4. The maximum Gasteiger partial charge on any atom is 0.271 e. The number of nitro benzene ring substituents is 1. The Labute approximate surface area is 152 Å². The fraction of sp³-hybridized carbons (Fsp3) is 0.0714. The highest BCUT2D eigenvalue weighted by Gasteiger charge is 2.17. The van der Waals surface area contributed by atoms with Gasteiger partial charge in [-0.25, -0.2) is 8.42 Å². The van der Waals surface area contributed by atoms with E-state index in [9.17, 15) is 23.3 Å². The number of non-ortho nitro benzene ring substituents is 1. The van der Waals surface area contributed by atoms with Crippen molar-refractivity contribution in [2.24, 2.45) is 0 Å². The molecule has 0 fully saturated rings. The Morgan fingerprint density at radius 1 is 1.12 bits per heavy atom. The molecule has 25 heavy (non-hydrogen) atoms. The first kappa shape index (κ1) is 19.0. The van der Waals surface area contributed by atoms with Crippen LogP contribution in [0.5, 0.6) is 0 Å². The third-order valence-corrected chi connectivity index (χ3v) is 4.07. The lowest BCUT2D eigenvalue weighted by atomic mass is 10.1. The van der Waals surface area contributed by atoms with Crippen LogP contribution in [-0.4, -0.2) is 25.5 Å². The first-order valence-corrected chi connectivity index (χ1v) is 9.24. The Morgan fingerprint density at radius 3 is 2.32 bits per heavy atom. The first-order chi connectivity index (χ1) is 11.6. The summed E-state index contributed by atoms with van der Waals surface area (Å²) in [6.07, 6.45) is 0.941. The van der Waals surface area contributed by atoms with E-state index in [1.165, 1.54) is 30.3 Å². The van der Waals surface area contributed by atoms with Gasteiger partial charge in [0.1, 0.15) is 0 Å². The van der Waals surface area contributed by atoms with E-state index in [2.05, 4.69) is 10.0 Å². The molecule has 0 spiro atoms. The molecule has 0 atom stereocenters. The van der Waals surface area contributed by atoms with Gasteiger partial charge in [-0.3, -0.25) is 19.6 Å². The first-order valence-electron chi connectivity index (χ1n) is 6.59. The smallest absolute Gasteiger partial charge is 0.271 e. The third kappa shape index (κ3) is 5.05. The van der Waals surface area contributed by atoms with Crippen LogP contribution in [0.1, 0.15) is 10.4 Å². The summed E-state index contributed by atoms with van der Waals surface area (Å²) in [6, 6.07) is 7.58. The van der Waals surface area contributed by atoms with E-state index in [4.69, 9.17) is 23.2 Å². The second-order valence-corrected chi connectivity index (χ2v) is 7.53. The van der Waals surface area contributed by atoms with Gasteiger partial charge in [-0.15, -0.1) is 0 Å². The summed E-state index contributed by atoms with van der Waals surface area (Å²) >= 11 is 11.8. The lowest BCUT2D eigenvalue weighted by Gasteiger charge is -2.12. The number of nitrogens with one attached hydrogen (secondary N) is 2. The zero-order valence-electron chi connectivity index (χ0n) is 12.6. The average Bonchev–Trinajstić information content (AvgIpc) is 2.49. The molecular weight excluding hydrogens is 393 g/mol. The van der Waals surface area contributed by atoms with Crippen LogP contribution in [0.25, 0.3) is 0 Å². The van der Waals surface area contributed by atoms with Crippen molar-refractivity contribution in [1.82, 2.24) is 0 Å². The highest BCUT2D eigenvalue weighted by atomic mass is 35.5. The third-order valence-electron chi connectivity index (χ3n) is 2.93. The quantitative estimate of drug-likeness (QED) is 0.584. The van der Waals surface area contributed by atoms with Gasteiger partial charge in [0.05, 0.1) is 33.1 Å². The number of nitrogens with zero attached hydrogens (tertiary/aromatic N) is 1. The van der Waals surface area contributed by atoms with E-state index in [1.54, 1.807) is 0 Å². The van der Waals surface area contributed by atoms with Crippen molar-refractivity contribution in [1.29, 1.82) is 0 Å². The van der Waals surface area contributed by atoms with Crippen molar-refractivity contribution in [2.75, 3.05) is 16.3 Å². The number of carbonyl (C=O) groups is 1. The molecule has 0 bridgehead atoms. The van der Waals surface area contributed by atoms with Gasteiger partial charge in [-0.2, -0.15) is 0 Å². The standard InChI is InChI=1S/C14H11Cl2N3O5S/c1-25(23,24)18-12-4-2-8(15)6-10(12)14(20)17-13-5-3-9(19(21)22)7-11(13)16/h2-7,18H,1H3,(H,17,20). The average molecular weight is 404 g/mol. The monoisotopic (exact) mass is 403 g/mol. The van der Waals surface area contributed by atoms with Gasteiger partial charge in [0.2, 0.25) is 10.0 Å². The molecule has 0 aliphatic carbocycles. The van der Waals surface area contributed by atoms with Crippen LogP contribution < -0.4 is 10.0 Å². The number of halogens is 2. The van der Waals surface area contributed by atoms with E-state index in [0.717, 1.165) is 12.3 Å². The fourth-order valence-electron chi connectivity index (χ4n) is 1.90. The molecule has 2 aromatic rings. The van der Waals surface area contributed by atoms with Crippen molar-refractivity contribution in [2.45, 2.75) is 0 Å². The number of anilines is 2. The fourth-order valence-corrected chi connectivity index (χ4v) is 2.87. The molecule has 1 amide bonds. The Balaban J connectivity index is 2.35. The van der Waals surface area contributed by atoms with E-state index >= 15 is 0 Å².